The lowest BCUT2D eigenvalue weighted by molar-refractivity contribution is 0.364. The van der Waals surface area contributed by atoms with E-state index < -0.39 is 6.17 Å². The molecule has 3 aromatic rings. The van der Waals surface area contributed by atoms with Crippen LogP contribution in [0.1, 0.15) is 12.1 Å². The SMILES string of the molecule is Cc1nc2ccccc2nc1-n1ccc(N2CC[C@@H](F)C2)n1. The summed E-state index contributed by atoms with van der Waals surface area (Å²) < 4.78 is 15.0. The fourth-order valence-corrected chi connectivity index (χ4v) is 2.82. The molecule has 112 valence electrons. The Labute approximate surface area is 127 Å². The Morgan fingerprint density at radius 3 is 2.64 bits per heavy atom. The van der Waals surface area contributed by atoms with Crippen molar-refractivity contribution < 1.29 is 4.39 Å². The van der Waals surface area contributed by atoms with Gasteiger partial charge in [0.1, 0.15) is 6.17 Å². The highest BCUT2D eigenvalue weighted by Gasteiger charge is 2.23. The third kappa shape index (κ3) is 2.20. The van der Waals surface area contributed by atoms with Gasteiger partial charge in [-0.15, -0.1) is 5.10 Å². The van der Waals surface area contributed by atoms with Gasteiger partial charge in [-0.25, -0.2) is 19.0 Å². The molecule has 5 nitrogen and oxygen atoms in total. The fourth-order valence-electron chi connectivity index (χ4n) is 2.82. The molecule has 1 atom stereocenters. The fraction of sp³-hybridized carbons (Fsp3) is 0.312. The highest BCUT2D eigenvalue weighted by atomic mass is 19.1. The third-order valence-corrected chi connectivity index (χ3v) is 3.97. The first-order valence-electron chi connectivity index (χ1n) is 7.39. The second-order valence-corrected chi connectivity index (χ2v) is 5.57. The second-order valence-electron chi connectivity index (χ2n) is 5.57. The lowest BCUT2D eigenvalue weighted by atomic mass is 10.3. The lowest BCUT2D eigenvalue weighted by Crippen LogP contribution is -2.20. The van der Waals surface area contributed by atoms with Gasteiger partial charge < -0.3 is 4.90 Å². The van der Waals surface area contributed by atoms with Gasteiger partial charge in [-0.1, -0.05) is 12.1 Å². The molecule has 0 bridgehead atoms. The number of rotatable bonds is 2. The summed E-state index contributed by atoms with van der Waals surface area (Å²) in [4.78, 5) is 11.2. The number of fused-ring (bicyclic) bond motifs is 1. The van der Waals surface area contributed by atoms with Crippen molar-refractivity contribution in [1.82, 2.24) is 19.7 Å². The van der Waals surface area contributed by atoms with Crippen molar-refractivity contribution in [2.45, 2.75) is 19.5 Å². The van der Waals surface area contributed by atoms with Crippen molar-refractivity contribution in [1.29, 1.82) is 0 Å². The Morgan fingerprint density at radius 2 is 1.91 bits per heavy atom. The number of para-hydroxylation sites is 2. The number of benzene rings is 1. The molecule has 0 N–H and O–H groups in total. The van der Waals surface area contributed by atoms with Crippen LogP contribution in [-0.2, 0) is 0 Å². The molecule has 0 aliphatic carbocycles. The van der Waals surface area contributed by atoms with Crippen LogP contribution in [-0.4, -0.2) is 39.0 Å². The minimum Gasteiger partial charge on any atom is -0.352 e. The van der Waals surface area contributed by atoms with Crippen molar-refractivity contribution in [3.8, 4) is 5.82 Å². The van der Waals surface area contributed by atoms with Gasteiger partial charge in [0.05, 0.1) is 23.3 Å². The van der Waals surface area contributed by atoms with Crippen LogP contribution in [0.3, 0.4) is 0 Å². The Hall–Kier alpha value is -2.50. The maximum atomic E-state index is 13.3. The number of anilines is 1. The Balaban J connectivity index is 1.73. The molecule has 1 aliphatic heterocycles. The van der Waals surface area contributed by atoms with Crippen LogP contribution in [0, 0.1) is 6.92 Å². The molecule has 0 radical (unpaired) electrons. The van der Waals surface area contributed by atoms with Gasteiger partial charge in [-0.05, 0) is 25.5 Å². The quantitative estimate of drug-likeness (QED) is 0.729. The van der Waals surface area contributed by atoms with Crippen LogP contribution in [0.5, 0.6) is 0 Å². The van der Waals surface area contributed by atoms with Crippen molar-refractivity contribution in [2.24, 2.45) is 0 Å². The van der Waals surface area contributed by atoms with Crippen LogP contribution >= 0.6 is 0 Å². The van der Waals surface area contributed by atoms with E-state index in [0.29, 0.717) is 25.3 Å². The highest BCUT2D eigenvalue weighted by Crippen LogP contribution is 2.22. The third-order valence-electron chi connectivity index (χ3n) is 3.97. The second kappa shape index (κ2) is 5.05. The first-order valence-corrected chi connectivity index (χ1v) is 7.39. The van der Waals surface area contributed by atoms with E-state index in [1.165, 1.54) is 0 Å². The number of aromatic nitrogens is 4. The van der Waals surface area contributed by atoms with Crippen LogP contribution < -0.4 is 4.90 Å². The van der Waals surface area contributed by atoms with Gasteiger partial charge >= 0.3 is 0 Å². The van der Waals surface area contributed by atoms with Crippen molar-refractivity contribution in [3.05, 3.63) is 42.2 Å². The van der Waals surface area contributed by atoms with E-state index in [4.69, 9.17) is 0 Å². The van der Waals surface area contributed by atoms with Gasteiger partial charge in [0, 0.05) is 18.8 Å². The molecule has 2 aromatic heterocycles. The maximum Gasteiger partial charge on any atom is 0.175 e. The molecule has 1 fully saturated rings. The van der Waals surface area contributed by atoms with Crippen LogP contribution in [0.2, 0.25) is 0 Å². The Kier molecular flexibility index (Phi) is 3.03. The predicted octanol–water partition coefficient (Wildman–Crippen LogP) is 2.67. The molecular weight excluding hydrogens is 281 g/mol. The first kappa shape index (κ1) is 13.2. The summed E-state index contributed by atoms with van der Waals surface area (Å²) in [5, 5.41) is 4.54. The molecule has 0 amide bonds. The van der Waals surface area contributed by atoms with E-state index >= 15 is 0 Å². The summed E-state index contributed by atoms with van der Waals surface area (Å²) in [6.45, 7) is 3.05. The number of hydrogen-bond donors (Lipinski definition) is 0. The van der Waals surface area contributed by atoms with E-state index in [1.807, 2.05) is 48.4 Å². The molecule has 1 aliphatic rings. The highest BCUT2D eigenvalue weighted by molar-refractivity contribution is 5.75. The van der Waals surface area contributed by atoms with E-state index in [0.717, 1.165) is 22.5 Å². The summed E-state index contributed by atoms with van der Waals surface area (Å²) in [5.74, 6) is 1.50. The molecule has 1 saturated heterocycles. The van der Waals surface area contributed by atoms with Crippen LogP contribution in [0.15, 0.2) is 36.5 Å². The lowest BCUT2D eigenvalue weighted by Gasteiger charge is -2.13. The molecule has 1 aromatic carbocycles. The maximum absolute atomic E-state index is 13.3. The smallest absolute Gasteiger partial charge is 0.175 e. The summed E-state index contributed by atoms with van der Waals surface area (Å²) in [6, 6.07) is 9.66. The first-order chi connectivity index (χ1) is 10.7. The zero-order valence-electron chi connectivity index (χ0n) is 12.3. The van der Waals surface area contributed by atoms with E-state index in [-0.39, 0.29) is 0 Å². The molecular formula is C16H16FN5. The van der Waals surface area contributed by atoms with Gasteiger partial charge in [0.25, 0.3) is 0 Å². The molecule has 0 spiro atoms. The van der Waals surface area contributed by atoms with Gasteiger partial charge in [-0.3, -0.25) is 0 Å². The molecule has 6 heteroatoms. The minimum absolute atomic E-state index is 0.416. The Bertz CT molecular complexity index is 828. The van der Waals surface area contributed by atoms with Crippen molar-refractivity contribution in [3.63, 3.8) is 0 Å². The zero-order valence-corrected chi connectivity index (χ0v) is 12.3. The van der Waals surface area contributed by atoms with Crippen LogP contribution in [0.25, 0.3) is 16.9 Å². The van der Waals surface area contributed by atoms with Gasteiger partial charge in [-0.2, -0.15) is 0 Å². The van der Waals surface area contributed by atoms with E-state index in [9.17, 15) is 4.39 Å². The Morgan fingerprint density at radius 1 is 1.14 bits per heavy atom. The normalized spacial score (nSPS) is 18.3. The van der Waals surface area contributed by atoms with Crippen molar-refractivity contribution >= 4 is 16.9 Å². The molecule has 0 unspecified atom stereocenters. The van der Waals surface area contributed by atoms with Crippen molar-refractivity contribution in [2.75, 3.05) is 18.0 Å². The number of hydrogen-bond acceptors (Lipinski definition) is 4. The van der Waals surface area contributed by atoms with E-state index in [1.54, 1.807) is 4.68 Å². The summed E-state index contributed by atoms with van der Waals surface area (Å²) in [7, 11) is 0. The summed E-state index contributed by atoms with van der Waals surface area (Å²) in [6.07, 6.45) is 1.67. The van der Waals surface area contributed by atoms with Gasteiger partial charge in [0.15, 0.2) is 11.6 Å². The molecule has 4 rings (SSSR count). The monoisotopic (exact) mass is 297 g/mol. The largest absolute Gasteiger partial charge is 0.352 e. The average Bonchev–Trinajstić information content (AvgIpc) is 3.15. The summed E-state index contributed by atoms with van der Waals surface area (Å²) >= 11 is 0. The standard InChI is InChI=1S/C16H16FN5/c1-11-16(19-14-5-3-2-4-13(14)18-11)22-9-7-15(20-22)21-8-6-12(17)10-21/h2-5,7,9,12H,6,8,10H2,1H3/t12-/m1/s1. The number of halogens is 1. The molecule has 3 heterocycles. The van der Waals surface area contributed by atoms with Crippen LogP contribution in [0.4, 0.5) is 10.2 Å². The average molecular weight is 297 g/mol. The molecule has 22 heavy (non-hydrogen) atoms. The topological polar surface area (TPSA) is 46.8 Å². The number of nitrogens with zero attached hydrogens (tertiary/aromatic N) is 5. The summed E-state index contributed by atoms with van der Waals surface area (Å²) in [5.41, 5.74) is 2.53. The van der Waals surface area contributed by atoms with Gasteiger partial charge in [0.2, 0.25) is 0 Å². The number of aryl methyl sites for hydroxylation is 1. The predicted molar refractivity (Wildman–Crippen MR) is 83.1 cm³/mol. The minimum atomic E-state index is -0.757. The molecule has 0 saturated carbocycles. The van der Waals surface area contributed by atoms with E-state index in [2.05, 4.69) is 15.1 Å². The number of alkyl halides is 1. The zero-order chi connectivity index (χ0) is 15.1.